The zero-order valence-corrected chi connectivity index (χ0v) is 13.9. The number of hydrogen-bond acceptors (Lipinski definition) is 4. The van der Waals surface area contributed by atoms with Crippen molar-refractivity contribution in [3.8, 4) is 12.3 Å². The Morgan fingerprint density at radius 2 is 2.26 bits per heavy atom. The van der Waals surface area contributed by atoms with Gasteiger partial charge in [0.15, 0.2) is 0 Å². The fourth-order valence-electron chi connectivity index (χ4n) is 2.17. The zero-order chi connectivity index (χ0) is 16.9. The molecule has 1 saturated heterocycles. The lowest BCUT2D eigenvalue weighted by Gasteiger charge is -2.13. The highest BCUT2D eigenvalue weighted by Gasteiger charge is 2.23. The number of ether oxygens (including phenoxy) is 1. The van der Waals surface area contributed by atoms with Gasteiger partial charge in [-0.1, -0.05) is 17.5 Å². The Kier molecular flexibility index (Phi) is 6.02. The zero-order valence-electron chi connectivity index (χ0n) is 12.3. The number of carbonyl (C=O) groups is 1. The van der Waals surface area contributed by atoms with Crippen LogP contribution < -0.4 is 10.0 Å². The minimum Gasteiger partial charge on any atom is -0.377 e. The van der Waals surface area contributed by atoms with E-state index < -0.39 is 15.9 Å². The summed E-state index contributed by atoms with van der Waals surface area (Å²) in [6.45, 7) is 0.866. The molecule has 124 valence electrons. The maximum atomic E-state index is 12.4. The first-order chi connectivity index (χ1) is 10.9. The van der Waals surface area contributed by atoms with Crippen molar-refractivity contribution < 1.29 is 17.9 Å². The predicted octanol–water partition coefficient (Wildman–Crippen LogP) is 1.16. The number of halogens is 1. The summed E-state index contributed by atoms with van der Waals surface area (Å²) < 4.78 is 32.6. The second-order valence-corrected chi connectivity index (χ2v) is 7.16. The quantitative estimate of drug-likeness (QED) is 0.749. The smallest absolute Gasteiger partial charge is 0.252 e. The van der Waals surface area contributed by atoms with Gasteiger partial charge in [-0.3, -0.25) is 4.79 Å². The second kappa shape index (κ2) is 7.79. The van der Waals surface area contributed by atoms with Crippen LogP contribution in [0.15, 0.2) is 23.1 Å². The Balaban J connectivity index is 2.16. The highest BCUT2D eigenvalue weighted by molar-refractivity contribution is 7.89. The standard InChI is InChI=1S/C15H17ClN2O4S/c1-2-7-17-15(19)11-5-6-13(16)14(9-11)23(20,21)18-10-12-4-3-8-22-12/h1,5-6,9,12,18H,3-4,7-8,10H2,(H,17,19). The molecule has 0 spiro atoms. The molecule has 1 aromatic carbocycles. The van der Waals surface area contributed by atoms with Crippen molar-refractivity contribution in [3.05, 3.63) is 28.8 Å². The summed E-state index contributed by atoms with van der Waals surface area (Å²) in [6, 6.07) is 4.03. The molecule has 0 saturated carbocycles. The summed E-state index contributed by atoms with van der Waals surface area (Å²) in [7, 11) is -3.84. The lowest BCUT2D eigenvalue weighted by molar-refractivity contribution is 0.0958. The number of nitrogens with one attached hydrogen (secondary N) is 2. The second-order valence-electron chi connectivity index (χ2n) is 5.02. The fourth-order valence-corrected chi connectivity index (χ4v) is 3.76. The molecule has 1 fully saturated rings. The third kappa shape index (κ3) is 4.69. The molecule has 1 aliphatic heterocycles. The molecule has 2 N–H and O–H groups in total. The Bertz CT molecular complexity index is 721. The van der Waals surface area contributed by atoms with E-state index in [0.29, 0.717) is 6.61 Å². The van der Waals surface area contributed by atoms with Crippen LogP contribution in [0.2, 0.25) is 5.02 Å². The minimum atomic E-state index is -3.84. The largest absolute Gasteiger partial charge is 0.377 e. The fraction of sp³-hybridized carbons (Fsp3) is 0.400. The Labute approximate surface area is 140 Å². The summed E-state index contributed by atoms with van der Waals surface area (Å²) >= 11 is 5.97. The predicted molar refractivity (Wildman–Crippen MR) is 86.8 cm³/mol. The van der Waals surface area contributed by atoms with Crippen molar-refractivity contribution in [3.63, 3.8) is 0 Å². The van der Waals surface area contributed by atoms with Crippen molar-refractivity contribution in [1.29, 1.82) is 0 Å². The van der Waals surface area contributed by atoms with Gasteiger partial charge >= 0.3 is 0 Å². The van der Waals surface area contributed by atoms with Crippen molar-refractivity contribution in [2.24, 2.45) is 0 Å². The van der Waals surface area contributed by atoms with E-state index in [1.807, 2.05) is 0 Å². The van der Waals surface area contributed by atoms with Crippen molar-refractivity contribution in [2.45, 2.75) is 23.8 Å². The van der Waals surface area contributed by atoms with Crippen LogP contribution in [0.5, 0.6) is 0 Å². The average molecular weight is 357 g/mol. The highest BCUT2D eigenvalue weighted by Crippen LogP contribution is 2.23. The number of carbonyl (C=O) groups excluding carboxylic acids is 1. The summed E-state index contributed by atoms with van der Waals surface area (Å²) in [6.07, 6.45) is 6.67. The van der Waals surface area contributed by atoms with Gasteiger partial charge in [-0.2, -0.15) is 0 Å². The van der Waals surface area contributed by atoms with Gasteiger partial charge < -0.3 is 10.1 Å². The van der Waals surface area contributed by atoms with Gasteiger partial charge in [-0.25, -0.2) is 13.1 Å². The van der Waals surface area contributed by atoms with Gasteiger partial charge in [-0.15, -0.1) is 6.42 Å². The van der Waals surface area contributed by atoms with Crippen LogP contribution >= 0.6 is 11.6 Å². The summed E-state index contributed by atoms with van der Waals surface area (Å²) in [5.41, 5.74) is 0.169. The maximum Gasteiger partial charge on any atom is 0.252 e. The molecule has 0 bridgehead atoms. The van der Waals surface area contributed by atoms with E-state index in [2.05, 4.69) is 16.0 Å². The van der Waals surface area contributed by atoms with E-state index in [9.17, 15) is 13.2 Å². The normalized spacial score (nSPS) is 17.7. The van der Waals surface area contributed by atoms with Crippen LogP contribution in [0.3, 0.4) is 0 Å². The number of sulfonamides is 1. The van der Waals surface area contributed by atoms with Gasteiger partial charge in [0.1, 0.15) is 4.90 Å². The maximum absolute atomic E-state index is 12.4. The lowest BCUT2D eigenvalue weighted by Crippen LogP contribution is -2.32. The van der Waals surface area contributed by atoms with E-state index >= 15 is 0 Å². The van der Waals surface area contributed by atoms with Crippen LogP contribution in [-0.2, 0) is 14.8 Å². The summed E-state index contributed by atoms with van der Waals surface area (Å²) in [4.78, 5) is 11.7. The van der Waals surface area contributed by atoms with Gasteiger partial charge in [0, 0.05) is 18.7 Å². The average Bonchev–Trinajstić information content (AvgIpc) is 3.04. The molecule has 1 amide bonds. The third-order valence-corrected chi connectivity index (χ3v) is 5.26. The molecule has 2 rings (SSSR count). The van der Waals surface area contributed by atoms with E-state index in [1.54, 1.807) is 0 Å². The molecule has 0 aliphatic carbocycles. The van der Waals surface area contributed by atoms with Gasteiger partial charge in [0.25, 0.3) is 5.91 Å². The van der Waals surface area contributed by atoms with Crippen LogP contribution in [0, 0.1) is 12.3 Å². The molecular formula is C15H17ClN2O4S. The molecule has 1 aromatic rings. The molecule has 0 aromatic heterocycles. The molecule has 6 nitrogen and oxygen atoms in total. The van der Waals surface area contributed by atoms with Crippen LogP contribution in [0.4, 0.5) is 0 Å². The molecule has 1 heterocycles. The molecule has 1 unspecified atom stereocenters. The van der Waals surface area contributed by atoms with Crippen molar-refractivity contribution in [2.75, 3.05) is 19.7 Å². The highest BCUT2D eigenvalue weighted by atomic mass is 35.5. The first-order valence-electron chi connectivity index (χ1n) is 7.06. The van der Waals surface area contributed by atoms with Gasteiger partial charge in [0.2, 0.25) is 10.0 Å². The van der Waals surface area contributed by atoms with E-state index in [1.165, 1.54) is 18.2 Å². The van der Waals surface area contributed by atoms with Crippen LogP contribution in [-0.4, -0.2) is 40.1 Å². The van der Waals surface area contributed by atoms with Crippen molar-refractivity contribution >= 4 is 27.5 Å². The minimum absolute atomic E-state index is 0.0401. The number of benzene rings is 1. The molecule has 1 aliphatic rings. The van der Waals surface area contributed by atoms with E-state index in [0.717, 1.165) is 12.8 Å². The number of rotatable bonds is 6. The monoisotopic (exact) mass is 356 g/mol. The van der Waals surface area contributed by atoms with E-state index in [-0.39, 0.29) is 34.7 Å². The number of terminal acetylenes is 1. The summed E-state index contributed by atoms with van der Waals surface area (Å²) in [5.74, 6) is 1.81. The van der Waals surface area contributed by atoms with Crippen LogP contribution in [0.1, 0.15) is 23.2 Å². The Hall–Kier alpha value is -1.59. The lowest BCUT2D eigenvalue weighted by atomic mass is 10.2. The Morgan fingerprint density at radius 1 is 1.48 bits per heavy atom. The van der Waals surface area contributed by atoms with Gasteiger partial charge in [0.05, 0.1) is 17.7 Å². The van der Waals surface area contributed by atoms with E-state index in [4.69, 9.17) is 22.8 Å². The molecular weight excluding hydrogens is 340 g/mol. The number of hydrogen-bond donors (Lipinski definition) is 2. The third-order valence-electron chi connectivity index (χ3n) is 3.36. The SMILES string of the molecule is C#CCNC(=O)c1ccc(Cl)c(S(=O)(=O)NCC2CCCO2)c1. The van der Waals surface area contributed by atoms with Crippen molar-refractivity contribution in [1.82, 2.24) is 10.0 Å². The molecule has 8 heteroatoms. The molecule has 23 heavy (non-hydrogen) atoms. The van der Waals surface area contributed by atoms with Crippen LogP contribution in [0.25, 0.3) is 0 Å². The first kappa shape index (κ1) is 17.8. The molecule has 1 atom stereocenters. The summed E-state index contributed by atoms with van der Waals surface area (Å²) in [5, 5.41) is 2.51. The first-order valence-corrected chi connectivity index (χ1v) is 8.92. The number of amides is 1. The Morgan fingerprint density at radius 3 is 2.91 bits per heavy atom. The molecule has 0 radical (unpaired) electrons. The van der Waals surface area contributed by atoms with Gasteiger partial charge in [-0.05, 0) is 31.0 Å². The topological polar surface area (TPSA) is 84.5 Å².